The Morgan fingerprint density at radius 2 is 1.58 bits per heavy atom. The Balaban J connectivity index is 1.08. The molecule has 1 atom stereocenters. The molecule has 11 heteroatoms. The molecular formula is C42H47Cl2FN4O4. The van der Waals surface area contributed by atoms with Gasteiger partial charge in [-0.2, -0.15) is 0 Å². The van der Waals surface area contributed by atoms with Gasteiger partial charge in [-0.25, -0.2) is 9.18 Å². The third kappa shape index (κ3) is 10.5. The summed E-state index contributed by atoms with van der Waals surface area (Å²) >= 11 is 12.7. The molecule has 2 aliphatic heterocycles. The molecule has 0 aromatic heterocycles. The van der Waals surface area contributed by atoms with Gasteiger partial charge < -0.3 is 24.6 Å². The Labute approximate surface area is 321 Å². The number of likely N-dealkylation sites (tertiary alicyclic amines) is 1. The van der Waals surface area contributed by atoms with Crippen molar-refractivity contribution >= 4 is 35.2 Å². The number of hydrogen-bond donors (Lipinski definition) is 1. The highest BCUT2D eigenvalue weighted by Gasteiger charge is 2.37. The molecule has 2 amide bonds. The van der Waals surface area contributed by atoms with Crippen molar-refractivity contribution in [3.8, 4) is 16.9 Å². The standard InChI is InChI=1S/C42H47Cl2FN4O4/c1-2-52-39-13-7-12-38(45)37(39)28-48-22-24-49(25-23-48)41(50)40(46-42(51)53-29-30-8-4-3-5-9-30)31-16-19-47(20-17-31)21-18-33-27-35(44)14-15-36(33)32-10-6-11-34(43)26-32/h3-15,26-27,31,40H,2,16-25,28-29H2,1H3,(H,46,51)/t40-/m1/s1. The number of nitrogens with one attached hydrogen (secondary N) is 1. The number of halogens is 3. The van der Waals surface area contributed by atoms with E-state index >= 15 is 0 Å². The van der Waals surface area contributed by atoms with E-state index in [-0.39, 0.29) is 24.2 Å². The van der Waals surface area contributed by atoms with Gasteiger partial charge in [-0.1, -0.05) is 77.8 Å². The number of hydrogen-bond acceptors (Lipinski definition) is 6. The van der Waals surface area contributed by atoms with E-state index in [0.29, 0.717) is 60.7 Å². The summed E-state index contributed by atoms with van der Waals surface area (Å²) in [6.07, 6.45) is 1.70. The lowest BCUT2D eigenvalue weighted by molar-refractivity contribution is -0.137. The van der Waals surface area contributed by atoms with E-state index in [9.17, 15) is 14.0 Å². The molecule has 0 radical (unpaired) electrons. The van der Waals surface area contributed by atoms with Gasteiger partial charge in [-0.3, -0.25) is 9.69 Å². The van der Waals surface area contributed by atoms with E-state index in [1.165, 1.54) is 6.07 Å². The van der Waals surface area contributed by atoms with Crippen molar-refractivity contribution in [3.05, 3.63) is 124 Å². The molecule has 4 aromatic rings. The highest BCUT2D eigenvalue weighted by Crippen LogP contribution is 2.30. The van der Waals surface area contributed by atoms with Crippen LogP contribution in [0.4, 0.5) is 9.18 Å². The summed E-state index contributed by atoms with van der Waals surface area (Å²) in [5, 5.41) is 4.35. The monoisotopic (exact) mass is 760 g/mol. The third-order valence-electron chi connectivity index (χ3n) is 10.2. The lowest BCUT2D eigenvalue weighted by Gasteiger charge is -2.40. The minimum atomic E-state index is -0.717. The number of rotatable bonds is 13. The molecule has 0 aliphatic carbocycles. The predicted molar refractivity (Wildman–Crippen MR) is 208 cm³/mol. The van der Waals surface area contributed by atoms with Crippen LogP contribution < -0.4 is 10.1 Å². The highest BCUT2D eigenvalue weighted by molar-refractivity contribution is 6.31. The van der Waals surface area contributed by atoms with E-state index in [1.54, 1.807) is 12.1 Å². The molecule has 0 bridgehead atoms. The summed E-state index contributed by atoms with van der Waals surface area (Å²) in [7, 11) is 0. The summed E-state index contributed by atoms with van der Waals surface area (Å²) in [5.41, 5.74) is 4.71. The first-order chi connectivity index (χ1) is 25.8. The Hall–Kier alpha value is -4.15. The van der Waals surface area contributed by atoms with Crippen LogP contribution in [0.1, 0.15) is 36.5 Å². The molecule has 8 nitrogen and oxygen atoms in total. The van der Waals surface area contributed by atoms with Gasteiger partial charge in [0.1, 0.15) is 24.2 Å². The zero-order valence-electron chi connectivity index (χ0n) is 30.1. The van der Waals surface area contributed by atoms with E-state index in [2.05, 4.69) is 21.2 Å². The van der Waals surface area contributed by atoms with Gasteiger partial charge in [0, 0.05) is 54.9 Å². The van der Waals surface area contributed by atoms with Crippen molar-refractivity contribution in [2.75, 3.05) is 52.4 Å². The van der Waals surface area contributed by atoms with Gasteiger partial charge in [0.15, 0.2) is 0 Å². The molecule has 0 unspecified atom stereocenters. The molecule has 2 aliphatic rings. The van der Waals surface area contributed by atoms with Crippen molar-refractivity contribution in [3.63, 3.8) is 0 Å². The predicted octanol–water partition coefficient (Wildman–Crippen LogP) is 8.09. The second-order valence-electron chi connectivity index (χ2n) is 13.7. The fraction of sp³-hybridized carbons (Fsp3) is 0.381. The number of carbonyl (C=O) groups excluding carboxylic acids is 2. The van der Waals surface area contributed by atoms with E-state index < -0.39 is 12.1 Å². The molecule has 1 N–H and O–H groups in total. The summed E-state index contributed by atoms with van der Waals surface area (Å²) < 4.78 is 26.0. The molecule has 0 spiro atoms. The van der Waals surface area contributed by atoms with Crippen molar-refractivity contribution in [1.82, 2.24) is 20.0 Å². The Bertz CT molecular complexity index is 1830. The molecule has 0 saturated carbocycles. The minimum absolute atomic E-state index is 0.0542. The second kappa shape index (κ2) is 18.7. The Morgan fingerprint density at radius 1 is 0.849 bits per heavy atom. The van der Waals surface area contributed by atoms with Crippen molar-refractivity contribution < 1.29 is 23.5 Å². The van der Waals surface area contributed by atoms with Crippen LogP contribution in [0, 0.1) is 11.7 Å². The lowest BCUT2D eigenvalue weighted by Crippen LogP contribution is -2.58. The number of alkyl carbamates (subject to hydrolysis) is 1. The lowest BCUT2D eigenvalue weighted by atomic mass is 9.88. The molecule has 53 heavy (non-hydrogen) atoms. The number of ether oxygens (including phenoxy) is 2. The summed E-state index contributed by atoms with van der Waals surface area (Å²) in [6.45, 7) is 7.37. The second-order valence-corrected chi connectivity index (χ2v) is 14.5. The normalized spacial score (nSPS) is 16.3. The minimum Gasteiger partial charge on any atom is -0.493 e. The number of nitrogens with zero attached hydrogens (tertiary/aromatic N) is 3. The maximum Gasteiger partial charge on any atom is 0.408 e. The maximum atomic E-state index is 14.8. The first-order valence-corrected chi connectivity index (χ1v) is 19.2. The number of amides is 2. The molecule has 2 heterocycles. The van der Waals surface area contributed by atoms with E-state index in [1.807, 2.05) is 78.6 Å². The van der Waals surface area contributed by atoms with Crippen LogP contribution in [-0.4, -0.2) is 85.2 Å². The van der Waals surface area contributed by atoms with Crippen LogP contribution in [0.3, 0.4) is 0 Å². The highest BCUT2D eigenvalue weighted by atomic mass is 35.5. The van der Waals surface area contributed by atoms with Gasteiger partial charge in [0.25, 0.3) is 0 Å². The number of carbonyl (C=O) groups is 2. The van der Waals surface area contributed by atoms with Crippen LogP contribution in [-0.2, 0) is 29.1 Å². The summed E-state index contributed by atoms with van der Waals surface area (Å²) in [5.74, 6) is 0.0881. The topological polar surface area (TPSA) is 74.3 Å². The van der Waals surface area contributed by atoms with Crippen LogP contribution in [0.2, 0.25) is 10.0 Å². The molecule has 2 saturated heterocycles. The summed E-state index contributed by atoms with van der Waals surface area (Å²) in [6, 6.07) is 27.5. The quantitative estimate of drug-likeness (QED) is 0.149. The van der Waals surface area contributed by atoms with Gasteiger partial charge >= 0.3 is 6.09 Å². The maximum absolute atomic E-state index is 14.8. The van der Waals surface area contributed by atoms with Gasteiger partial charge in [-0.05, 0) is 104 Å². The fourth-order valence-electron chi connectivity index (χ4n) is 7.30. The fourth-order valence-corrected chi connectivity index (χ4v) is 7.68. The van der Waals surface area contributed by atoms with Crippen LogP contribution in [0.25, 0.3) is 11.1 Å². The largest absolute Gasteiger partial charge is 0.493 e. The van der Waals surface area contributed by atoms with E-state index in [4.69, 9.17) is 32.7 Å². The molecule has 280 valence electrons. The average molecular weight is 762 g/mol. The Kier molecular flexibility index (Phi) is 13.6. The van der Waals surface area contributed by atoms with Crippen LogP contribution in [0.5, 0.6) is 5.75 Å². The van der Waals surface area contributed by atoms with Gasteiger partial charge in [-0.15, -0.1) is 0 Å². The van der Waals surface area contributed by atoms with Crippen LogP contribution in [0.15, 0.2) is 91.0 Å². The van der Waals surface area contributed by atoms with E-state index in [0.717, 1.165) is 61.2 Å². The van der Waals surface area contributed by atoms with Gasteiger partial charge in [0.05, 0.1) is 6.61 Å². The zero-order chi connectivity index (χ0) is 37.2. The SMILES string of the molecule is CCOc1cccc(F)c1CN1CCN(C(=O)[C@H](NC(=O)OCc2ccccc2)C2CCN(CCc3cc(Cl)ccc3-c3cccc(Cl)c3)CC2)CC1. The third-order valence-corrected chi connectivity index (χ3v) is 10.7. The molecule has 2 fully saturated rings. The molecule has 6 rings (SSSR count). The number of piperazine rings is 1. The number of benzene rings is 4. The van der Waals surface area contributed by atoms with Crippen molar-refractivity contribution in [2.24, 2.45) is 5.92 Å². The first-order valence-electron chi connectivity index (χ1n) is 18.4. The zero-order valence-corrected chi connectivity index (χ0v) is 31.6. The first kappa shape index (κ1) is 38.6. The molecule has 4 aromatic carbocycles. The average Bonchev–Trinajstić information content (AvgIpc) is 3.17. The number of piperidine rings is 1. The smallest absolute Gasteiger partial charge is 0.408 e. The van der Waals surface area contributed by atoms with Gasteiger partial charge in [0.2, 0.25) is 5.91 Å². The van der Waals surface area contributed by atoms with Crippen molar-refractivity contribution in [1.29, 1.82) is 0 Å². The van der Waals surface area contributed by atoms with Crippen molar-refractivity contribution in [2.45, 2.75) is 45.4 Å². The Morgan fingerprint density at radius 3 is 2.32 bits per heavy atom. The molecular weight excluding hydrogens is 714 g/mol. The summed E-state index contributed by atoms with van der Waals surface area (Å²) in [4.78, 5) is 33.7. The van der Waals surface area contributed by atoms with Crippen LogP contribution >= 0.6 is 23.2 Å².